The molecule has 4 aromatic rings. The Hall–Kier alpha value is -3.36. The fraction of sp³-hybridized carbons (Fsp3) is 0.321. The van der Waals surface area contributed by atoms with Crippen LogP contribution in [0.2, 0.25) is 5.02 Å². The first-order chi connectivity index (χ1) is 17.7. The van der Waals surface area contributed by atoms with Crippen molar-refractivity contribution >= 4 is 39.1 Å². The molecule has 0 saturated carbocycles. The van der Waals surface area contributed by atoms with Crippen LogP contribution in [-0.4, -0.2) is 35.3 Å². The molecule has 9 heteroatoms. The van der Waals surface area contributed by atoms with Gasteiger partial charge in [-0.15, -0.1) is 11.3 Å². The Bertz CT molecular complexity index is 1460. The van der Waals surface area contributed by atoms with E-state index in [1.165, 1.54) is 29.3 Å². The third-order valence-corrected chi connectivity index (χ3v) is 7.57. The molecular formula is C28H29ClN2O5S. The lowest BCUT2D eigenvalue weighted by atomic mass is 9.98. The third kappa shape index (κ3) is 5.97. The van der Waals surface area contributed by atoms with Crippen LogP contribution in [0.5, 0.6) is 11.5 Å². The van der Waals surface area contributed by atoms with Gasteiger partial charge in [0.25, 0.3) is 5.56 Å². The molecule has 0 aliphatic rings. The maximum absolute atomic E-state index is 13.3. The number of rotatable bonds is 9. The van der Waals surface area contributed by atoms with Crippen LogP contribution in [0.15, 0.2) is 59.7 Å². The van der Waals surface area contributed by atoms with E-state index in [2.05, 4.69) is 4.98 Å². The monoisotopic (exact) mass is 540 g/mol. The predicted molar refractivity (Wildman–Crippen MR) is 147 cm³/mol. The van der Waals surface area contributed by atoms with Crippen LogP contribution in [0.4, 0.5) is 0 Å². The molecule has 194 valence electrons. The van der Waals surface area contributed by atoms with Crippen LogP contribution >= 0.6 is 22.9 Å². The summed E-state index contributed by atoms with van der Waals surface area (Å²) in [5, 5.41) is 0.655. The summed E-state index contributed by atoms with van der Waals surface area (Å²) < 4.78 is 18.9. The van der Waals surface area contributed by atoms with Gasteiger partial charge in [-0.2, -0.15) is 0 Å². The average molecular weight is 541 g/mol. The molecule has 0 unspecified atom stereocenters. The molecule has 0 aliphatic heterocycles. The van der Waals surface area contributed by atoms with Crippen LogP contribution in [0.3, 0.4) is 0 Å². The van der Waals surface area contributed by atoms with Crippen molar-refractivity contribution in [2.75, 3.05) is 13.7 Å². The van der Waals surface area contributed by atoms with Crippen molar-refractivity contribution in [3.8, 4) is 27.6 Å². The molecule has 0 fully saturated rings. The lowest BCUT2D eigenvalue weighted by molar-refractivity contribution is -0.155. The molecule has 2 atom stereocenters. The van der Waals surface area contributed by atoms with Gasteiger partial charge in [0.05, 0.1) is 24.2 Å². The number of carbonyl (C=O) groups is 1. The average Bonchev–Trinajstić information content (AvgIpc) is 3.33. The van der Waals surface area contributed by atoms with Gasteiger partial charge in [0.2, 0.25) is 0 Å². The zero-order valence-corrected chi connectivity index (χ0v) is 22.9. The number of esters is 1. The first-order valence-corrected chi connectivity index (χ1v) is 13.2. The number of hydrogen-bond donors (Lipinski definition) is 0. The number of carbonyl (C=O) groups excluding carboxylic acids is 1. The number of thiophene rings is 1. The summed E-state index contributed by atoms with van der Waals surface area (Å²) in [7, 11) is 1.53. The van der Waals surface area contributed by atoms with Gasteiger partial charge in [0.15, 0.2) is 11.5 Å². The number of hydrogen-bond acceptors (Lipinski definition) is 7. The van der Waals surface area contributed by atoms with Crippen LogP contribution in [0, 0.1) is 11.8 Å². The fourth-order valence-electron chi connectivity index (χ4n) is 3.60. The minimum absolute atomic E-state index is 0.169. The van der Waals surface area contributed by atoms with E-state index in [1.807, 2.05) is 51.1 Å². The van der Waals surface area contributed by atoms with Gasteiger partial charge in [0, 0.05) is 16.0 Å². The molecule has 2 heterocycles. The van der Waals surface area contributed by atoms with Crippen LogP contribution in [-0.2, 0) is 9.53 Å². The maximum atomic E-state index is 13.3. The topological polar surface area (TPSA) is 79.7 Å². The van der Waals surface area contributed by atoms with Crippen molar-refractivity contribution in [3.05, 3.63) is 70.2 Å². The number of nitrogens with zero attached hydrogens (tertiary/aromatic N) is 2. The van der Waals surface area contributed by atoms with E-state index in [0.29, 0.717) is 32.4 Å². The lowest BCUT2D eigenvalue weighted by Gasteiger charge is -2.20. The maximum Gasteiger partial charge on any atom is 0.309 e. The number of aromatic nitrogens is 2. The largest absolute Gasteiger partial charge is 0.493 e. The highest BCUT2D eigenvalue weighted by Crippen LogP contribution is 2.33. The van der Waals surface area contributed by atoms with Crippen molar-refractivity contribution in [3.63, 3.8) is 0 Å². The van der Waals surface area contributed by atoms with E-state index < -0.39 is 6.10 Å². The molecule has 2 aromatic carbocycles. The molecule has 0 N–H and O–H groups in total. The molecule has 2 aromatic heterocycles. The Kier molecular flexibility index (Phi) is 8.19. The Balaban J connectivity index is 1.54. The summed E-state index contributed by atoms with van der Waals surface area (Å²) in [6.45, 7) is 7.77. The zero-order valence-electron chi connectivity index (χ0n) is 21.4. The number of methoxy groups -OCH3 is 1. The van der Waals surface area contributed by atoms with Crippen molar-refractivity contribution in [1.82, 2.24) is 9.55 Å². The van der Waals surface area contributed by atoms with Crippen LogP contribution < -0.4 is 15.0 Å². The van der Waals surface area contributed by atoms with E-state index in [1.54, 1.807) is 25.1 Å². The second kappa shape index (κ2) is 11.4. The van der Waals surface area contributed by atoms with E-state index in [9.17, 15) is 9.59 Å². The summed E-state index contributed by atoms with van der Waals surface area (Å²) in [4.78, 5) is 31.0. The van der Waals surface area contributed by atoms with Gasteiger partial charge in [-0.1, -0.05) is 44.5 Å². The number of benzene rings is 2. The highest BCUT2D eigenvalue weighted by Gasteiger charge is 2.21. The predicted octanol–water partition coefficient (Wildman–Crippen LogP) is 6.38. The Labute approximate surface area is 224 Å². The minimum atomic E-state index is -0.430. The van der Waals surface area contributed by atoms with Crippen molar-refractivity contribution in [2.24, 2.45) is 11.8 Å². The van der Waals surface area contributed by atoms with E-state index >= 15 is 0 Å². The molecule has 37 heavy (non-hydrogen) atoms. The minimum Gasteiger partial charge on any atom is -0.493 e. The molecule has 4 rings (SSSR count). The molecule has 0 aliphatic carbocycles. The van der Waals surface area contributed by atoms with E-state index in [0.717, 1.165) is 10.4 Å². The van der Waals surface area contributed by atoms with E-state index in [-0.39, 0.29) is 30.0 Å². The van der Waals surface area contributed by atoms with Gasteiger partial charge in [-0.25, -0.2) is 4.98 Å². The standard InChI is InChI=1S/C28H29ClN2O5S/c1-16(2)18(4)28(33)36-17(3)14-35-23-11-10-21(12-24(23)34-5)31-15-30-22-13-25(37-26(22)27(31)32)19-6-8-20(29)9-7-19/h6-13,15-18H,14H2,1-5H3/t17-,18-/m0/s1. The normalized spacial score (nSPS) is 12.9. The Morgan fingerprint density at radius 2 is 1.78 bits per heavy atom. The molecule has 0 bridgehead atoms. The second-order valence-corrected chi connectivity index (χ2v) is 10.7. The van der Waals surface area contributed by atoms with Gasteiger partial charge in [-0.3, -0.25) is 14.2 Å². The Morgan fingerprint density at radius 3 is 2.46 bits per heavy atom. The van der Waals surface area contributed by atoms with Crippen molar-refractivity contribution < 1.29 is 19.0 Å². The van der Waals surface area contributed by atoms with Gasteiger partial charge in [-0.05, 0) is 48.7 Å². The van der Waals surface area contributed by atoms with Gasteiger partial charge < -0.3 is 14.2 Å². The highest BCUT2D eigenvalue weighted by molar-refractivity contribution is 7.22. The summed E-state index contributed by atoms with van der Waals surface area (Å²) in [5.74, 6) is 0.694. The molecule has 0 radical (unpaired) electrons. The molecule has 0 amide bonds. The lowest BCUT2D eigenvalue weighted by Crippen LogP contribution is -2.27. The number of fused-ring (bicyclic) bond motifs is 1. The fourth-order valence-corrected chi connectivity index (χ4v) is 4.77. The highest BCUT2D eigenvalue weighted by atomic mass is 35.5. The van der Waals surface area contributed by atoms with Gasteiger partial charge in [0.1, 0.15) is 23.7 Å². The van der Waals surface area contributed by atoms with Crippen LogP contribution in [0.25, 0.3) is 26.3 Å². The first kappa shape index (κ1) is 26.7. The molecule has 7 nitrogen and oxygen atoms in total. The molecular weight excluding hydrogens is 512 g/mol. The van der Waals surface area contributed by atoms with Crippen molar-refractivity contribution in [1.29, 1.82) is 0 Å². The summed E-state index contributed by atoms with van der Waals surface area (Å²) in [6, 6.07) is 14.6. The smallest absolute Gasteiger partial charge is 0.309 e. The quantitative estimate of drug-likeness (QED) is 0.229. The number of ether oxygens (including phenoxy) is 3. The van der Waals surface area contributed by atoms with E-state index in [4.69, 9.17) is 25.8 Å². The molecule has 0 spiro atoms. The zero-order chi connectivity index (χ0) is 26.7. The summed E-state index contributed by atoms with van der Waals surface area (Å²) in [5.41, 5.74) is 2.03. The van der Waals surface area contributed by atoms with Crippen molar-refractivity contribution in [2.45, 2.75) is 33.8 Å². The second-order valence-electron chi connectivity index (χ2n) is 9.18. The van der Waals surface area contributed by atoms with Crippen LogP contribution in [0.1, 0.15) is 27.7 Å². The summed E-state index contributed by atoms with van der Waals surface area (Å²) in [6.07, 6.45) is 1.08. The third-order valence-electron chi connectivity index (χ3n) is 6.15. The summed E-state index contributed by atoms with van der Waals surface area (Å²) >= 11 is 7.39. The molecule has 0 saturated heterocycles. The SMILES string of the molecule is COc1cc(-n2cnc3cc(-c4ccc(Cl)cc4)sc3c2=O)ccc1OC[C@H](C)OC(=O)[C@@H](C)C(C)C. The number of halogens is 1. The Morgan fingerprint density at radius 1 is 1.05 bits per heavy atom. The van der Waals surface area contributed by atoms with Gasteiger partial charge >= 0.3 is 5.97 Å². The first-order valence-electron chi connectivity index (χ1n) is 12.0.